The Hall–Kier alpha value is -0.910. The molecular weight excluding hydrogens is 414 g/mol. The molecular formula is C14H8Br2ClFO2. The van der Waals surface area contributed by atoms with Gasteiger partial charge in [0, 0.05) is 8.95 Å². The van der Waals surface area contributed by atoms with E-state index in [-0.39, 0.29) is 16.1 Å². The van der Waals surface area contributed by atoms with Crippen LogP contribution in [-0.4, -0.2) is 12.9 Å². The van der Waals surface area contributed by atoms with Crippen molar-refractivity contribution in [1.29, 1.82) is 0 Å². The third-order valence-corrected chi connectivity index (χ3v) is 4.35. The minimum atomic E-state index is -0.642. The largest absolute Gasteiger partial charge is 0.496 e. The van der Waals surface area contributed by atoms with Gasteiger partial charge in [-0.1, -0.05) is 27.5 Å². The zero-order valence-electron chi connectivity index (χ0n) is 10.2. The maximum atomic E-state index is 13.9. The molecule has 0 saturated heterocycles. The lowest BCUT2D eigenvalue weighted by Crippen LogP contribution is -2.06. The lowest BCUT2D eigenvalue weighted by molar-refractivity contribution is 0.103. The fraction of sp³-hybridized carbons (Fsp3) is 0.0714. The van der Waals surface area contributed by atoms with E-state index in [0.29, 0.717) is 10.2 Å². The first-order valence-corrected chi connectivity index (χ1v) is 7.43. The molecule has 0 amide bonds. The first kappa shape index (κ1) is 15.5. The van der Waals surface area contributed by atoms with Gasteiger partial charge < -0.3 is 4.74 Å². The Balaban J connectivity index is 2.54. The van der Waals surface area contributed by atoms with Crippen molar-refractivity contribution in [2.45, 2.75) is 0 Å². The van der Waals surface area contributed by atoms with Gasteiger partial charge in [-0.25, -0.2) is 4.39 Å². The van der Waals surface area contributed by atoms with Crippen molar-refractivity contribution >= 4 is 49.2 Å². The predicted molar refractivity (Wildman–Crippen MR) is 83.2 cm³/mol. The number of hydrogen-bond donors (Lipinski definition) is 0. The van der Waals surface area contributed by atoms with E-state index in [9.17, 15) is 9.18 Å². The molecule has 104 valence electrons. The molecule has 0 atom stereocenters. The van der Waals surface area contributed by atoms with Crippen LogP contribution in [0, 0.1) is 5.82 Å². The topological polar surface area (TPSA) is 26.3 Å². The predicted octanol–water partition coefficient (Wildman–Crippen LogP) is 5.24. The molecule has 0 aliphatic heterocycles. The molecule has 0 aromatic heterocycles. The lowest BCUT2D eigenvalue weighted by Gasteiger charge is -2.09. The van der Waals surface area contributed by atoms with E-state index in [1.165, 1.54) is 19.2 Å². The van der Waals surface area contributed by atoms with E-state index in [1.807, 2.05) is 0 Å². The molecule has 2 aromatic rings. The molecule has 0 N–H and O–H groups in total. The summed E-state index contributed by atoms with van der Waals surface area (Å²) in [5.41, 5.74) is 0.173. The second kappa shape index (κ2) is 6.24. The molecule has 0 fully saturated rings. The third-order valence-electron chi connectivity index (χ3n) is 2.66. The monoisotopic (exact) mass is 420 g/mol. The molecule has 2 aromatic carbocycles. The Morgan fingerprint density at radius 1 is 1.20 bits per heavy atom. The number of carbonyl (C=O) groups is 1. The van der Waals surface area contributed by atoms with Crippen molar-refractivity contribution in [3.8, 4) is 5.75 Å². The Morgan fingerprint density at radius 3 is 2.55 bits per heavy atom. The van der Waals surface area contributed by atoms with Gasteiger partial charge in [0.25, 0.3) is 0 Å². The van der Waals surface area contributed by atoms with Gasteiger partial charge >= 0.3 is 0 Å². The summed E-state index contributed by atoms with van der Waals surface area (Å²) in [5.74, 6) is -0.764. The zero-order valence-corrected chi connectivity index (χ0v) is 14.1. The van der Waals surface area contributed by atoms with E-state index in [0.717, 1.165) is 4.47 Å². The maximum absolute atomic E-state index is 13.9. The summed E-state index contributed by atoms with van der Waals surface area (Å²) in [6, 6.07) is 7.37. The highest BCUT2D eigenvalue weighted by Gasteiger charge is 2.19. The van der Waals surface area contributed by atoms with E-state index >= 15 is 0 Å². The van der Waals surface area contributed by atoms with Gasteiger partial charge in [0.2, 0.25) is 0 Å². The average Bonchev–Trinajstić information content (AvgIpc) is 2.42. The van der Waals surface area contributed by atoms with Crippen LogP contribution >= 0.6 is 43.5 Å². The second-order valence-electron chi connectivity index (χ2n) is 3.92. The fourth-order valence-corrected chi connectivity index (χ4v) is 2.51. The summed E-state index contributed by atoms with van der Waals surface area (Å²) in [7, 11) is 1.45. The highest BCUT2D eigenvalue weighted by atomic mass is 79.9. The Morgan fingerprint density at radius 2 is 1.90 bits per heavy atom. The SMILES string of the molecule is COc1cc(Br)ccc1C(=O)c1cc(Cl)c(Br)cc1F. The summed E-state index contributed by atoms with van der Waals surface area (Å²) in [4.78, 5) is 12.4. The Labute approximate surface area is 137 Å². The quantitative estimate of drug-likeness (QED) is 0.499. The van der Waals surface area contributed by atoms with Gasteiger partial charge in [0.15, 0.2) is 5.78 Å². The van der Waals surface area contributed by atoms with E-state index in [4.69, 9.17) is 16.3 Å². The van der Waals surface area contributed by atoms with Crippen molar-refractivity contribution < 1.29 is 13.9 Å². The Bertz CT molecular complexity index is 689. The standard InChI is InChI=1S/C14H8Br2ClFO2/c1-20-13-4-7(15)2-3-8(13)14(19)9-5-11(17)10(16)6-12(9)18/h2-6H,1H3. The summed E-state index contributed by atoms with van der Waals surface area (Å²) in [6.45, 7) is 0. The van der Waals surface area contributed by atoms with Crippen LogP contribution in [0.5, 0.6) is 5.75 Å². The van der Waals surface area contributed by atoms with Crippen LogP contribution in [0.15, 0.2) is 39.3 Å². The number of rotatable bonds is 3. The summed E-state index contributed by atoms with van der Waals surface area (Å²) in [6.07, 6.45) is 0. The summed E-state index contributed by atoms with van der Waals surface area (Å²) in [5, 5.41) is 0.269. The van der Waals surface area contributed by atoms with E-state index in [2.05, 4.69) is 31.9 Å². The molecule has 0 unspecified atom stereocenters. The average molecular weight is 422 g/mol. The minimum absolute atomic E-state index is 0.0983. The fourth-order valence-electron chi connectivity index (χ4n) is 1.69. The van der Waals surface area contributed by atoms with Crippen molar-refractivity contribution in [2.24, 2.45) is 0 Å². The van der Waals surface area contributed by atoms with Crippen LogP contribution in [0.25, 0.3) is 0 Å². The molecule has 0 radical (unpaired) electrons. The number of ketones is 1. The van der Waals surface area contributed by atoms with E-state index < -0.39 is 11.6 Å². The Kier molecular flexibility index (Phi) is 4.83. The molecule has 0 bridgehead atoms. The van der Waals surface area contributed by atoms with Crippen molar-refractivity contribution in [3.05, 3.63) is 61.2 Å². The molecule has 0 heterocycles. The number of halogens is 4. The van der Waals surface area contributed by atoms with Gasteiger partial charge in [0.1, 0.15) is 11.6 Å². The molecule has 0 aliphatic rings. The van der Waals surface area contributed by atoms with Gasteiger partial charge in [-0.05, 0) is 46.3 Å². The molecule has 0 spiro atoms. The third kappa shape index (κ3) is 3.05. The molecule has 2 rings (SSSR count). The second-order valence-corrected chi connectivity index (χ2v) is 6.10. The van der Waals surface area contributed by atoms with Crippen LogP contribution in [0.2, 0.25) is 5.02 Å². The number of hydrogen-bond acceptors (Lipinski definition) is 2. The normalized spacial score (nSPS) is 10.4. The van der Waals surface area contributed by atoms with Crippen LogP contribution < -0.4 is 4.74 Å². The first-order valence-electron chi connectivity index (χ1n) is 5.47. The highest BCUT2D eigenvalue weighted by Crippen LogP contribution is 2.30. The van der Waals surface area contributed by atoms with Gasteiger partial charge in [0.05, 0.1) is 23.3 Å². The molecule has 0 aliphatic carbocycles. The number of benzene rings is 2. The highest BCUT2D eigenvalue weighted by molar-refractivity contribution is 9.10. The smallest absolute Gasteiger partial charge is 0.199 e. The van der Waals surface area contributed by atoms with Crippen molar-refractivity contribution in [3.63, 3.8) is 0 Å². The molecule has 0 saturated carbocycles. The first-order chi connectivity index (χ1) is 9.43. The van der Waals surface area contributed by atoms with Crippen molar-refractivity contribution in [1.82, 2.24) is 0 Å². The number of carbonyl (C=O) groups excluding carboxylic acids is 1. The molecule has 20 heavy (non-hydrogen) atoms. The van der Waals surface area contributed by atoms with Crippen molar-refractivity contribution in [2.75, 3.05) is 7.11 Å². The molecule has 2 nitrogen and oxygen atoms in total. The van der Waals surface area contributed by atoms with Gasteiger partial charge in [-0.3, -0.25) is 4.79 Å². The minimum Gasteiger partial charge on any atom is -0.496 e. The maximum Gasteiger partial charge on any atom is 0.199 e. The lowest BCUT2D eigenvalue weighted by atomic mass is 10.0. The van der Waals surface area contributed by atoms with Gasteiger partial charge in [-0.15, -0.1) is 0 Å². The number of ether oxygens (including phenoxy) is 1. The zero-order chi connectivity index (χ0) is 14.9. The van der Waals surface area contributed by atoms with Crippen LogP contribution in [0.3, 0.4) is 0 Å². The molecule has 6 heteroatoms. The van der Waals surface area contributed by atoms with Crippen LogP contribution in [-0.2, 0) is 0 Å². The van der Waals surface area contributed by atoms with E-state index in [1.54, 1.807) is 18.2 Å². The summed E-state index contributed by atoms with van der Waals surface area (Å²) >= 11 is 12.3. The number of methoxy groups -OCH3 is 1. The van der Waals surface area contributed by atoms with Crippen LogP contribution in [0.1, 0.15) is 15.9 Å². The van der Waals surface area contributed by atoms with Crippen LogP contribution in [0.4, 0.5) is 4.39 Å². The summed E-state index contributed by atoms with van der Waals surface area (Å²) < 4.78 is 20.2. The van der Waals surface area contributed by atoms with Gasteiger partial charge in [-0.2, -0.15) is 0 Å².